The number of para-hydroxylation sites is 1. The summed E-state index contributed by atoms with van der Waals surface area (Å²) in [4.78, 5) is 39.3. The lowest BCUT2D eigenvalue weighted by Crippen LogP contribution is -2.27. The van der Waals surface area contributed by atoms with Crippen LogP contribution in [0.15, 0.2) is 76.1 Å². The van der Waals surface area contributed by atoms with Crippen LogP contribution in [0.2, 0.25) is 10.0 Å². The topological polar surface area (TPSA) is 75.7 Å². The van der Waals surface area contributed by atoms with Crippen LogP contribution in [0.25, 0.3) is 6.08 Å². The molecule has 0 spiro atoms. The number of carbonyl (C=O) groups is 3. The first kappa shape index (κ1) is 25.3. The van der Waals surface area contributed by atoms with Gasteiger partial charge in [-0.25, -0.2) is 0 Å². The summed E-state index contributed by atoms with van der Waals surface area (Å²) in [6.45, 7) is -0.151. The first-order chi connectivity index (χ1) is 16.8. The number of thioether (sulfide) groups is 1. The molecule has 10 heteroatoms. The number of hydrogen-bond acceptors (Lipinski definition) is 5. The summed E-state index contributed by atoms with van der Waals surface area (Å²) in [5, 5.41) is 3.13. The van der Waals surface area contributed by atoms with E-state index in [1.807, 2.05) is 24.3 Å². The summed E-state index contributed by atoms with van der Waals surface area (Å²) in [6, 6.07) is 19.1. The highest BCUT2D eigenvalue weighted by Crippen LogP contribution is 2.36. The van der Waals surface area contributed by atoms with Crippen molar-refractivity contribution in [3.63, 3.8) is 0 Å². The van der Waals surface area contributed by atoms with Gasteiger partial charge in [-0.2, -0.15) is 0 Å². The quantitative estimate of drug-likeness (QED) is 0.299. The molecule has 0 radical (unpaired) electrons. The van der Waals surface area contributed by atoms with Crippen molar-refractivity contribution >= 4 is 79.7 Å². The molecule has 3 aromatic rings. The minimum absolute atomic E-state index is 0.143. The molecule has 0 bridgehead atoms. The predicted octanol–water partition coefficient (Wildman–Crippen LogP) is 7.01. The van der Waals surface area contributed by atoms with E-state index in [-0.39, 0.29) is 23.3 Å². The Morgan fingerprint density at radius 1 is 1.06 bits per heavy atom. The Kier molecular flexibility index (Phi) is 8.18. The highest BCUT2D eigenvalue weighted by molar-refractivity contribution is 9.10. The lowest BCUT2D eigenvalue weighted by molar-refractivity contribution is -0.123. The Hall–Kier alpha value is -2.78. The fourth-order valence-electron chi connectivity index (χ4n) is 3.23. The molecule has 0 atom stereocenters. The molecule has 1 heterocycles. The lowest BCUT2D eigenvalue weighted by Gasteiger charge is -2.13. The zero-order chi connectivity index (χ0) is 24.9. The van der Waals surface area contributed by atoms with Gasteiger partial charge in [0.05, 0.1) is 22.2 Å². The highest BCUT2D eigenvalue weighted by Gasteiger charge is 2.35. The van der Waals surface area contributed by atoms with Crippen LogP contribution < -0.4 is 10.1 Å². The molecule has 6 nitrogen and oxygen atoms in total. The molecule has 3 amide bonds. The molecule has 0 aromatic heterocycles. The fourth-order valence-corrected chi connectivity index (χ4v) is 4.83. The number of amides is 3. The molecule has 35 heavy (non-hydrogen) atoms. The summed E-state index contributed by atoms with van der Waals surface area (Å²) >= 11 is 16.5. The minimum atomic E-state index is -0.418. The van der Waals surface area contributed by atoms with Gasteiger partial charge in [0.1, 0.15) is 5.75 Å². The van der Waals surface area contributed by atoms with E-state index in [1.54, 1.807) is 42.5 Å². The van der Waals surface area contributed by atoms with E-state index in [0.29, 0.717) is 27.0 Å². The first-order valence-corrected chi connectivity index (χ1v) is 12.6. The van der Waals surface area contributed by atoms with E-state index < -0.39 is 11.8 Å². The van der Waals surface area contributed by atoms with Crippen LogP contribution in [-0.4, -0.2) is 28.6 Å². The van der Waals surface area contributed by atoms with Gasteiger partial charge in [-0.3, -0.25) is 19.3 Å². The molecule has 1 N–H and O–H groups in total. The standard InChI is InChI=1S/C25H17BrCl2N2O4S/c26-18-6-2-1-5-15(18)13-30-24(32)22(35-25(30)33)12-16-11-17(27)9-10-21(16)34-14-23(31)29-20-8-4-3-7-19(20)28/h1-12H,13-14H2,(H,29,31)/b22-12-. The molecule has 1 aliphatic heterocycles. The number of imide groups is 1. The molecule has 1 saturated heterocycles. The third-order valence-electron chi connectivity index (χ3n) is 4.93. The molecule has 0 unspecified atom stereocenters. The van der Waals surface area contributed by atoms with Crippen LogP contribution in [0.1, 0.15) is 11.1 Å². The van der Waals surface area contributed by atoms with Crippen LogP contribution in [0, 0.1) is 0 Å². The molecule has 1 fully saturated rings. The van der Waals surface area contributed by atoms with Crippen molar-refractivity contribution in [2.24, 2.45) is 0 Å². The number of anilines is 1. The molecule has 178 valence electrons. The second-order valence-corrected chi connectivity index (χ2v) is 10.0. The molecular formula is C25H17BrCl2N2O4S. The fraction of sp³-hybridized carbons (Fsp3) is 0.0800. The molecule has 0 saturated carbocycles. The van der Waals surface area contributed by atoms with E-state index in [9.17, 15) is 14.4 Å². The molecule has 4 rings (SSSR count). The molecule has 0 aliphatic carbocycles. The second kappa shape index (κ2) is 11.3. The normalized spacial score (nSPS) is 14.5. The number of rotatable bonds is 7. The lowest BCUT2D eigenvalue weighted by atomic mass is 10.1. The van der Waals surface area contributed by atoms with Crippen molar-refractivity contribution in [3.05, 3.63) is 97.3 Å². The number of nitrogens with one attached hydrogen (secondary N) is 1. The summed E-state index contributed by atoms with van der Waals surface area (Å²) in [6.07, 6.45) is 1.54. The first-order valence-electron chi connectivity index (χ1n) is 10.3. The average molecular weight is 592 g/mol. The number of nitrogens with zero attached hydrogens (tertiary/aromatic N) is 1. The van der Waals surface area contributed by atoms with E-state index in [2.05, 4.69) is 21.2 Å². The van der Waals surface area contributed by atoms with Crippen LogP contribution in [0.5, 0.6) is 5.75 Å². The molecular weight excluding hydrogens is 575 g/mol. The van der Waals surface area contributed by atoms with Gasteiger partial charge in [0.2, 0.25) is 0 Å². The van der Waals surface area contributed by atoms with Gasteiger partial charge in [0.25, 0.3) is 17.1 Å². The highest BCUT2D eigenvalue weighted by atomic mass is 79.9. The SMILES string of the molecule is O=C(COc1ccc(Cl)cc1/C=C1\SC(=O)N(Cc2ccccc2Br)C1=O)Nc1ccccc1Cl. The summed E-state index contributed by atoms with van der Waals surface area (Å²) in [5.41, 5.74) is 1.75. The molecule has 3 aromatic carbocycles. The second-order valence-electron chi connectivity index (χ2n) is 7.36. The van der Waals surface area contributed by atoms with Crippen LogP contribution in [0.3, 0.4) is 0 Å². The largest absolute Gasteiger partial charge is 0.483 e. The number of benzene rings is 3. The van der Waals surface area contributed by atoms with Crippen molar-refractivity contribution in [1.82, 2.24) is 4.90 Å². The monoisotopic (exact) mass is 590 g/mol. The Morgan fingerprint density at radius 2 is 1.80 bits per heavy atom. The Balaban J connectivity index is 1.49. The zero-order valence-electron chi connectivity index (χ0n) is 18.0. The Labute approximate surface area is 224 Å². The van der Waals surface area contributed by atoms with Crippen molar-refractivity contribution in [3.8, 4) is 5.75 Å². The van der Waals surface area contributed by atoms with Crippen molar-refractivity contribution in [2.45, 2.75) is 6.54 Å². The maximum atomic E-state index is 13.0. The van der Waals surface area contributed by atoms with Crippen molar-refractivity contribution in [2.75, 3.05) is 11.9 Å². The van der Waals surface area contributed by atoms with Crippen LogP contribution in [-0.2, 0) is 16.1 Å². The Morgan fingerprint density at radius 3 is 2.57 bits per heavy atom. The summed E-state index contributed by atoms with van der Waals surface area (Å²) < 4.78 is 6.50. The van der Waals surface area contributed by atoms with Gasteiger partial charge in [0, 0.05) is 15.1 Å². The van der Waals surface area contributed by atoms with Gasteiger partial charge in [0.15, 0.2) is 6.61 Å². The van der Waals surface area contributed by atoms with E-state index in [4.69, 9.17) is 27.9 Å². The minimum Gasteiger partial charge on any atom is -0.483 e. The third-order valence-corrected chi connectivity index (χ3v) is 7.17. The number of hydrogen-bond donors (Lipinski definition) is 1. The Bertz CT molecular complexity index is 1350. The van der Waals surface area contributed by atoms with Gasteiger partial charge in [-0.05, 0) is 59.8 Å². The van der Waals surface area contributed by atoms with E-state index >= 15 is 0 Å². The van der Waals surface area contributed by atoms with Crippen LogP contribution >= 0.6 is 50.9 Å². The van der Waals surface area contributed by atoms with Gasteiger partial charge < -0.3 is 10.1 Å². The van der Waals surface area contributed by atoms with Crippen molar-refractivity contribution in [1.29, 1.82) is 0 Å². The van der Waals surface area contributed by atoms with Gasteiger partial charge in [-0.15, -0.1) is 0 Å². The predicted molar refractivity (Wildman–Crippen MR) is 143 cm³/mol. The number of carbonyl (C=O) groups excluding carboxylic acids is 3. The number of ether oxygens (including phenoxy) is 1. The third kappa shape index (κ3) is 6.27. The van der Waals surface area contributed by atoms with Crippen LogP contribution in [0.4, 0.5) is 10.5 Å². The number of halogens is 3. The van der Waals surface area contributed by atoms with E-state index in [1.165, 1.54) is 11.0 Å². The van der Waals surface area contributed by atoms with Gasteiger partial charge in [-0.1, -0.05) is 69.5 Å². The summed E-state index contributed by atoms with van der Waals surface area (Å²) in [5.74, 6) is -0.493. The molecule has 1 aliphatic rings. The van der Waals surface area contributed by atoms with Gasteiger partial charge >= 0.3 is 0 Å². The van der Waals surface area contributed by atoms with Crippen molar-refractivity contribution < 1.29 is 19.1 Å². The maximum Gasteiger partial charge on any atom is 0.293 e. The summed E-state index contributed by atoms with van der Waals surface area (Å²) in [7, 11) is 0. The smallest absolute Gasteiger partial charge is 0.293 e. The maximum absolute atomic E-state index is 13.0. The van der Waals surface area contributed by atoms with E-state index in [0.717, 1.165) is 21.8 Å². The average Bonchev–Trinajstić information content (AvgIpc) is 3.09. The zero-order valence-corrected chi connectivity index (χ0v) is 21.9.